The second-order valence-corrected chi connectivity index (χ2v) is 11.3. The SMILES string of the molecule is CC(C)(C)OC(=O)N1CCC[C@H](n2cc(-c3cc(Sc4ncccc4Cl)c4c(C#N)cnn4c3)cn2)C1. The van der Waals surface area contributed by atoms with Crippen molar-refractivity contribution < 1.29 is 9.53 Å². The number of nitrogens with zero attached hydrogens (tertiary/aromatic N) is 7. The third-order valence-electron chi connectivity index (χ3n) is 5.99. The molecule has 1 amide bonds. The molecular formula is C26H26ClN7O2S. The van der Waals surface area contributed by atoms with Gasteiger partial charge in [-0.1, -0.05) is 23.4 Å². The fraction of sp³-hybridized carbons (Fsp3) is 0.346. The van der Waals surface area contributed by atoms with Gasteiger partial charge in [-0.2, -0.15) is 15.5 Å². The lowest BCUT2D eigenvalue weighted by molar-refractivity contribution is 0.0167. The number of amides is 1. The van der Waals surface area contributed by atoms with Crippen molar-refractivity contribution in [2.45, 2.75) is 55.2 Å². The summed E-state index contributed by atoms with van der Waals surface area (Å²) in [6.07, 6.45) is 10.4. The molecule has 37 heavy (non-hydrogen) atoms. The van der Waals surface area contributed by atoms with Gasteiger partial charge in [0, 0.05) is 47.7 Å². The molecule has 0 bridgehead atoms. The summed E-state index contributed by atoms with van der Waals surface area (Å²) in [7, 11) is 0. The summed E-state index contributed by atoms with van der Waals surface area (Å²) in [6.45, 7) is 6.83. The Labute approximate surface area is 224 Å². The largest absolute Gasteiger partial charge is 0.444 e. The summed E-state index contributed by atoms with van der Waals surface area (Å²) in [5, 5.41) is 19.8. The van der Waals surface area contributed by atoms with Gasteiger partial charge in [0.05, 0.1) is 34.5 Å². The smallest absolute Gasteiger partial charge is 0.410 e. The molecule has 5 rings (SSSR count). The van der Waals surface area contributed by atoms with E-state index in [4.69, 9.17) is 16.3 Å². The Balaban J connectivity index is 1.44. The Hall–Kier alpha value is -3.55. The van der Waals surface area contributed by atoms with Gasteiger partial charge < -0.3 is 9.64 Å². The van der Waals surface area contributed by atoms with Gasteiger partial charge in [0.15, 0.2) is 0 Å². The first kappa shape index (κ1) is 25.1. The van der Waals surface area contributed by atoms with Gasteiger partial charge in [0.1, 0.15) is 16.7 Å². The standard InChI is InChI=1S/C26H26ClN7O2S/c1-26(2,3)36-25(35)32-9-5-6-20(16-32)33-15-19(13-30-33)17-10-22(37-24-21(27)7-4-8-29-24)23-18(11-28)12-31-34(23)14-17/h4,7-8,10,12-15,20H,5-6,9,16H2,1-3H3/t20-/m0/s1. The molecule has 190 valence electrons. The third kappa shape index (κ3) is 5.43. The Morgan fingerprint density at radius 1 is 1.24 bits per heavy atom. The summed E-state index contributed by atoms with van der Waals surface area (Å²) in [6, 6.07) is 7.83. The second-order valence-electron chi connectivity index (χ2n) is 9.88. The van der Waals surface area contributed by atoms with Gasteiger partial charge in [-0.25, -0.2) is 14.3 Å². The van der Waals surface area contributed by atoms with Crippen LogP contribution in [0.2, 0.25) is 5.02 Å². The number of rotatable bonds is 4. The van der Waals surface area contributed by atoms with Crippen LogP contribution in [0, 0.1) is 11.3 Å². The van der Waals surface area contributed by atoms with Crippen LogP contribution in [-0.2, 0) is 4.74 Å². The van der Waals surface area contributed by atoms with Crippen LogP contribution in [0.25, 0.3) is 16.6 Å². The second kappa shape index (κ2) is 10.1. The van der Waals surface area contributed by atoms with E-state index in [2.05, 4.69) is 21.3 Å². The maximum absolute atomic E-state index is 12.6. The lowest BCUT2D eigenvalue weighted by atomic mass is 10.1. The number of ether oxygens (including phenoxy) is 1. The molecule has 4 aromatic heterocycles. The minimum atomic E-state index is -0.533. The third-order valence-corrected chi connectivity index (χ3v) is 7.45. The van der Waals surface area contributed by atoms with Crippen LogP contribution in [0.5, 0.6) is 0 Å². The Morgan fingerprint density at radius 2 is 2.08 bits per heavy atom. The van der Waals surface area contributed by atoms with Crippen LogP contribution >= 0.6 is 23.4 Å². The van der Waals surface area contributed by atoms with E-state index in [0.29, 0.717) is 34.2 Å². The maximum atomic E-state index is 12.6. The number of pyridine rings is 2. The molecule has 0 aliphatic carbocycles. The molecule has 0 aromatic carbocycles. The summed E-state index contributed by atoms with van der Waals surface area (Å²) in [5.41, 5.74) is 2.43. The molecule has 1 saturated heterocycles. The van der Waals surface area contributed by atoms with Crippen molar-refractivity contribution in [3.63, 3.8) is 0 Å². The average Bonchev–Trinajstić information content (AvgIpc) is 3.52. The molecule has 5 heterocycles. The van der Waals surface area contributed by atoms with Crippen LogP contribution < -0.4 is 0 Å². The Morgan fingerprint density at radius 3 is 2.84 bits per heavy atom. The zero-order valence-electron chi connectivity index (χ0n) is 20.8. The molecule has 9 nitrogen and oxygen atoms in total. The molecule has 0 spiro atoms. The highest BCUT2D eigenvalue weighted by Crippen LogP contribution is 2.37. The first-order valence-electron chi connectivity index (χ1n) is 11.9. The molecule has 1 fully saturated rings. The van der Waals surface area contributed by atoms with Gasteiger partial charge in [-0.05, 0) is 51.8 Å². The lowest BCUT2D eigenvalue weighted by Gasteiger charge is -2.34. The van der Waals surface area contributed by atoms with Gasteiger partial charge in [0.25, 0.3) is 0 Å². The first-order chi connectivity index (χ1) is 17.7. The van der Waals surface area contributed by atoms with E-state index in [0.717, 1.165) is 28.9 Å². The number of hydrogen-bond acceptors (Lipinski definition) is 7. The van der Waals surface area contributed by atoms with E-state index in [1.165, 1.54) is 11.8 Å². The summed E-state index contributed by atoms with van der Waals surface area (Å²) in [5.74, 6) is 0. The normalized spacial score (nSPS) is 16.1. The zero-order valence-corrected chi connectivity index (χ0v) is 22.3. The number of fused-ring (bicyclic) bond motifs is 1. The molecule has 1 atom stereocenters. The fourth-order valence-corrected chi connectivity index (χ4v) is 5.51. The topological polar surface area (TPSA) is 101 Å². The quantitative estimate of drug-likeness (QED) is 0.323. The van der Waals surface area contributed by atoms with E-state index in [1.807, 2.05) is 50.1 Å². The lowest BCUT2D eigenvalue weighted by Crippen LogP contribution is -2.43. The number of hydrogen-bond donors (Lipinski definition) is 0. The van der Waals surface area contributed by atoms with Crippen molar-refractivity contribution in [3.05, 3.63) is 59.8 Å². The van der Waals surface area contributed by atoms with Crippen LogP contribution in [-0.4, -0.2) is 54.1 Å². The predicted octanol–water partition coefficient (Wildman–Crippen LogP) is 5.84. The van der Waals surface area contributed by atoms with Crippen molar-refractivity contribution in [2.24, 2.45) is 0 Å². The Bertz CT molecular complexity index is 1500. The molecule has 1 aliphatic rings. The van der Waals surface area contributed by atoms with E-state index in [-0.39, 0.29) is 12.1 Å². The maximum Gasteiger partial charge on any atom is 0.410 e. The predicted molar refractivity (Wildman–Crippen MR) is 141 cm³/mol. The van der Waals surface area contributed by atoms with Crippen LogP contribution in [0.15, 0.2) is 59.1 Å². The van der Waals surface area contributed by atoms with Gasteiger partial charge in [0.2, 0.25) is 0 Å². The molecule has 0 N–H and O–H groups in total. The highest BCUT2D eigenvalue weighted by atomic mass is 35.5. The molecule has 0 unspecified atom stereocenters. The Kier molecular flexibility index (Phi) is 6.84. The van der Waals surface area contributed by atoms with Gasteiger partial charge >= 0.3 is 6.09 Å². The highest BCUT2D eigenvalue weighted by molar-refractivity contribution is 7.99. The fourth-order valence-electron chi connectivity index (χ4n) is 4.30. The minimum absolute atomic E-state index is 0.0508. The minimum Gasteiger partial charge on any atom is -0.444 e. The van der Waals surface area contributed by atoms with Crippen molar-refractivity contribution >= 4 is 35.0 Å². The van der Waals surface area contributed by atoms with Crippen LogP contribution in [0.4, 0.5) is 4.79 Å². The number of piperidine rings is 1. The summed E-state index contributed by atoms with van der Waals surface area (Å²) in [4.78, 5) is 19.6. The highest BCUT2D eigenvalue weighted by Gasteiger charge is 2.29. The molecule has 0 saturated carbocycles. The first-order valence-corrected chi connectivity index (χ1v) is 13.1. The van der Waals surface area contributed by atoms with Crippen molar-refractivity contribution in [3.8, 4) is 17.2 Å². The van der Waals surface area contributed by atoms with E-state index in [9.17, 15) is 10.1 Å². The number of nitriles is 1. The van der Waals surface area contributed by atoms with E-state index < -0.39 is 5.60 Å². The molecule has 4 aromatic rings. The van der Waals surface area contributed by atoms with Crippen molar-refractivity contribution in [1.29, 1.82) is 5.26 Å². The average molecular weight is 536 g/mol. The number of carbonyl (C=O) groups is 1. The number of likely N-dealkylation sites (tertiary alicyclic amines) is 1. The van der Waals surface area contributed by atoms with Crippen LogP contribution in [0.3, 0.4) is 0 Å². The van der Waals surface area contributed by atoms with Crippen LogP contribution in [0.1, 0.15) is 45.2 Å². The summed E-state index contributed by atoms with van der Waals surface area (Å²) >= 11 is 7.76. The van der Waals surface area contributed by atoms with Crippen molar-refractivity contribution in [2.75, 3.05) is 13.1 Å². The zero-order chi connectivity index (χ0) is 26.2. The number of halogens is 1. The molecule has 1 aliphatic heterocycles. The van der Waals surface area contributed by atoms with Gasteiger partial charge in [-0.3, -0.25) is 4.68 Å². The molecular weight excluding hydrogens is 510 g/mol. The number of aromatic nitrogens is 5. The van der Waals surface area contributed by atoms with Crippen molar-refractivity contribution in [1.82, 2.24) is 29.3 Å². The molecule has 0 radical (unpaired) electrons. The summed E-state index contributed by atoms with van der Waals surface area (Å²) < 4.78 is 9.19. The van der Waals surface area contributed by atoms with E-state index >= 15 is 0 Å². The molecule has 11 heteroatoms. The van der Waals surface area contributed by atoms with Gasteiger partial charge in [-0.15, -0.1) is 0 Å². The monoisotopic (exact) mass is 535 g/mol. The number of carbonyl (C=O) groups excluding carboxylic acids is 1. The van der Waals surface area contributed by atoms with E-state index in [1.54, 1.807) is 33.9 Å².